The van der Waals surface area contributed by atoms with Crippen molar-refractivity contribution in [2.45, 2.75) is 47.0 Å². The van der Waals surface area contributed by atoms with Gasteiger partial charge in [-0.25, -0.2) is 0 Å². The van der Waals surface area contributed by atoms with Crippen molar-refractivity contribution in [2.24, 2.45) is 4.99 Å². The first-order valence-corrected chi connectivity index (χ1v) is 12.5. The van der Waals surface area contributed by atoms with E-state index < -0.39 is 14.5 Å². The molecular weight excluding hydrogens is 441 g/mol. The fourth-order valence-electron chi connectivity index (χ4n) is 3.37. The van der Waals surface area contributed by atoms with E-state index in [9.17, 15) is 13.6 Å². The molecule has 4 nitrogen and oxygen atoms in total. The molecule has 0 aromatic heterocycles. The maximum atomic E-state index is 12.3. The highest BCUT2D eigenvalue weighted by Gasteiger charge is 2.18. The number of aryl methyl sites for hydroxylation is 1. The number of carbonyl (C=O) groups is 1. The minimum atomic E-state index is -2.84. The maximum Gasteiger partial charge on any atom is 0.387 e. The molecule has 0 bridgehead atoms. The molecule has 2 rings (SSSR count). The van der Waals surface area contributed by atoms with Crippen molar-refractivity contribution < 1.29 is 18.3 Å². The largest absolute Gasteiger partial charge is 0.435 e. The zero-order chi connectivity index (χ0) is 24.5. The van der Waals surface area contributed by atoms with Crippen LogP contribution in [0.5, 0.6) is 5.75 Å². The molecule has 0 amide bonds. The standard InChI is InChI=1S/C26H31F2N2O2P/c1-7-14-33(6)25(30-22-10-13-24(20(5)31)17(2)15-22)19(4)29-16-18(3)21-8-11-23(12-9-21)32-26(27)28/h7-16,25-26,30H,1-6H3/b14-7-,18-16+,29-19?. The predicted molar refractivity (Wildman–Crippen MR) is 136 cm³/mol. The third kappa shape index (κ3) is 7.90. The van der Waals surface area contributed by atoms with Crippen molar-refractivity contribution in [2.75, 3.05) is 12.0 Å². The zero-order valence-corrected chi connectivity index (χ0v) is 20.8. The van der Waals surface area contributed by atoms with Gasteiger partial charge in [0, 0.05) is 23.2 Å². The number of aliphatic imine (C=N–C) groups is 1. The monoisotopic (exact) mass is 472 g/mol. The average molecular weight is 473 g/mol. The summed E-state index contributed by atoms with van der Waals surface area (Å²) >= 11 is 0. The van der Waals surface area contributed by atoms with Gasteiger partial charge in [0.05, 0.1) is 5.78 Å². The number of hydrogen-bond acceptors (Lipinski definition) is 4. The molecule has 0 spiro atoms. The first kappa shape index (κ1) is 26.4. The molecule has 0 heterocycles. The maximum absolute atomic E-state index is 12.3. The van der Waals surface area contributed by atoms with Gasteiger partial charge in [-0.05, 0) is 88.3 Å². The van der Waals surface area contributed by atoms with Crippen molar-refractivity contribution in [1.82, 2.24) is 0 Å². The van der Waals surface area contributed by atoms with E-state index in [2.05, 4.69) is 22.5 Å². The van der Waals surface area contributed by atoms with E-state index in [0.717, 1.165) is 33.7 Å². The van der Waals surface area contributed by atoms with Crippen molar-refractivity contribution in [3.63, 3.8) is 0 Å². The number of carbonyl (C=O) groups excluding carboxylic acids is 1. The molecule has 2 aromatic carbocycles. The number of allylic oxidation sites excluding steroid dienone is 2. The highest BCUT2D eigenvalue weighted by Crippen LogP contribution is 2.40. The summed E-state index contributed by atoms with van der Waals surface area (Å²) in [6.07, 6.45) is 3.83. The molecule has 7 heteroatoms. The molecule has 0 aliphatic heterocycles. The molecule has 33 heavy (non-hydrogen) atoms. The second-order valence-electron chi connectivity index (χ2n) is 7.77. The number of nitrogens with zero attached hydrogens (tertiary/aromatic N) is 1. The minimum Gasteiger partial charge on any atom is -0.435 e. The highest BCUT2D eigenvalue weighted by molar-refractivity contribution is 7.62. The molecular formula is C26H31F2N2O2P. The summed E-state index contributed by atoms with van der Waals surface area (Å²) in [5.74, 6) is 2.36. The average Bonchev–Trinajstić information content (AvgIpc) is 2.75. The van der Waals surface area contributed by atoms with Gasteiger partial charge in [0.25, 0.3) is 0 Å². The van der Waals surface area contributed by atoms with Crippen LogP contribution in [0.1, 0.15) is 49.2 Å². The van der Waals surface area contributed by atoms with Crippen LogP contribution in [0.25, 0.3) is 5.57 Å². The van der Waals surface area contributed by atoms with Crippen LogP contribution in [0, 0.1) is 6.92 Å². The quantitative estimate of drug-likeness (QED) is 0.219. The second-order valence-corrected chi connectivity index (χ2v) is 9.91. The number of nitrogens with one attached hydrogen (secondary N) is 1. The zero-order valence-electron chi connectivity index (χ0n) is 19.9. The molecule has 0 saturated heterocycles. The first-order valence-electron chi connectivity index (χ1n) is 10.6. The molecule has 2 atom stereocenters. The van der Waals surface area contributed by atoms with Crippen molar-refractivity contribution in [1.29, 1.82) is 0 Å². The van der Waals surface area contributed by atoms with Crippen LogP contribution in [-0.2, 0) is 0 Å². The lowest BCUT2D eigenvalue weighted by molar-refractivity contribution is -0.0498. The van der Waals surface area contributed by atoms with E-state index in [1.165, 1.54) is 12.1 Å². The Balaban J connectivity index is 2.26. The first-order chi connectivity index (χ1) is 15.6. The molecule has 0 saturated carbocycles. The molecule has 0 aliphatic carbocycles. The Morgan fingerprint density at radius 2 is 1.79 bits per heavy atom. The summed E-state index contributed by atoms with van der Waals surface area (Å²) in [6.45, 7) is 8.75. The topological polar surface area (TPSA) is 50.7 Å². The number of rotatable bonds is 10. The Kier molecular flexibility index (Phi) is 9.93. The van der Waals surface area contributed by atoms with Crippen LogP contribution in [0.4, 0.5) is 14.5 Å². The number of alkyl halides is 2. The summed E-state index contributed by atoms with van der Waals surface area (Å²) < 4.78 is 29.1. The summed E-state index contributed by atoms with van der Waals surface area (Å²) in [4.78, 5) is 16.4. The van der Waals surface area contributed by atoms with Crippen LogP contribution in [0.3, 0.4) is 0 Å². The summed E-state index contributed by atoms with van der Waals surface area (Å²) in [5.41, 5.74) is 5.30. The number of benzene rings is 2. The van der Waals surface area contributed by atoms with Crippen molar-refractivity contribution in [3.8, 4) is 5.75 Å². The second kappa shape index (κ2) is 12.4. The lowest BCUT2D eigenvalue weighted by Gasteiger charge is -2.25. The fraction of sp³-hybridized carbons (Fsp3) is 0.308. The van der Waals surface area contributed by atoms with Crippen LogP contribution in [0.2, 0.25) is 0 Å². The molecule has 0 aliphatic rings. The molecule has 176 valence electrons. The van der Waals surface area contributed by atoms with Gasteiger partial charge in [0.1, 0.15) is 5.75 Å². The van der Waals surface area contributed by atoms with E-state index in [4.69, 9.17) is 4.99 Å². The van der Waals surface area contributed by atoms with Crippen LogP contribution in [-0.4, -0.2) is 30.6 Å². The summed E-state index contributed by atoms with van der Waals surface area (Å²) in [5, 5.41) is 3.58. The predicted octanol–water partition coefficient (Wildman–Crippen LogP) is 7.70. The van der Waals surface area contributed by atoms with Gasteiger partial charge in [0.2, 0.25) is 0 Å². The van der Waals surface area contributed by atoms with Crippen LogP contribution >= 0.6 is 7.92 Å². The number of anilines is 1. The molecule has 1 N–H and O–H groups in total. The lowest BCUT2D eigenvalue weighted by atomic mass is 10.0. The minimum absolute atomic E-state index is 0.00430. The van der Waals surface area contributed by atoms with E-state index in [0.29, 0.717) is 0 Å². The van der Waals surface area contributed by atoms with Gasteiger partial charge in [-0.3, -0.25) is 9.79 Å². The van der Waals surface area contributed by atoms with Gasteiger partial charge in [-0.15, -0.1) is 0 Å². The highest BCUT2D eigenvalue weighted by atomic mass is 31.1. The molecule has 0 fully saturated rings. The van der Waals surface area contributed by atoms with Crippen LogP contribution < -0.4 is 10.1 Å². The van der Waals surface area contributed by atoms with E-state index in [-0.39, 0.29) is 17.3 Å². The summed E-state index contributed by atoms with van der Waals surface area (Å²) in [7, 11) is -0.541. The Morgan fingerprint density at radius 1 is 1.12 bits per heavy atom. The van der Waals surface area contributed by atoms with Crippen molar-refractivity contribution in [3.05, 3.63) is 77.2 Å². The lowest BCUT2D eigenvalue weighted by Crippen LogP contribution is -2.25. The van der Waals surface area contributed by atoms with E-state index in [1.54, 1.807) is 25.3 Å². The third-order valence-electron chi connectivity index (χ3n) is 5.09. The van der Waals surface area contributed by atoms with E-state index >= 15 is 0 Å². The number of ketones is 1. The fourth-order valence-corrected chi connectivity index (χ4v) is 5.02. The Morgan fingerprint density at radius 3 is 2.33 bits per heavy atom. The van der Waals surface area contributed by atoms with Crippen molar-refractivity contribution >= 4 is 30.7 Å². The van der Waals surface area contributed by atoms with Gasteiger partial charge >= 0.3 is 6.61 Å². The molecule has 2 unspecified atom stereocenters. The Labute approximate surface area is 196 Å². The van der Waals surface area contributed by atoms with Gasteiger partial charge < -0.3 is 10.1 Å². The Bertz CT molecular complexity index is 1050. The number of ether oxygens (including phenoxy) is 1. The number of Topliss-reactive ketones (excluding diaryl/α,β-unsaturated/α-hetero) is 1. The third-order valence-corrected chi connectivity index (χ3v) is 7.18. The molecule has 0 radical (unpaired) electrons. The van der Waals surface area contributed by atoms with Gasteiger partial charge in [-0.2, -0.15) is 8.78 Å². The number of hydrogen-bond donors (Lipinski definition) is 1. The normalized spacial score (nSPS) is 14.5. The van der Waals surface area contributed by atoms with Crippen LogP contribution in [0.15, 0.2) is 65.6 Å². The summed E-state index contributed by atoms with van der Waals surface area (Å²) in [6, 6.07) is 12.3. The Hall–Kier alpha value is -2.85. The number of halogens is 2. The van der Waals surface area contributed by atoms with Gasteiger partial charge in [-0.1, -0.05) is 31.9 Å². The SMILES string of the molecule is C/C=C\P(C)C(Nc1ccc(C(C)=O)c(C)c1)C(C)=N/C=C(\C)c1ccc(OC(F)F)cc1. The van der Waals surface area contributed by atoms with Gasteiger partial charge in [0.15, 0.2) is 5.78 Å². The smallest absolute Gasteiger partial charge is 0.387 e. The van der Waals surface area contributed by atoms with E-state index in [1.807, 2.05) is 52.0 Å². The molecule has 2 aromatic rings.